The van der Waals surface area contributed by atoms with Gasteiger partial charge in [-0.25, -0.2) is 0 Å². The average molecular weight is 258 g/mol. The molecule has 19 heavy (non-hydrogen) atoms. The first-order valence-corrected chi connectivity index (χ1v) is 6.59. The molecule has 0 aliphatic rings. The lowest BCUT2D eigenvalue weighted by atomic mass is 10.1. The smallest absolute Gasteiger partial charge is 0.256 e. The number of fused-ring (bicyclic) bond motifs is 1. The van der Waals surface area contributed by atoms with Gasteiger partial charge in [0.25, 0.3) is 5.91 Å². The topological polar surface area (TPSA) is 51.1 Å². The summed E-state index contributed by atoms with van der Waals surface area (Å²) in [6, 6.07) is 7.37. The summed E-state index contributed by atoms with van der Waals surface area (Å²) in [7, 11) is 0. The van der Waals surface area contributed by atoms with Gasteiger partial charge < -0.3 is 9.88 Å². The fourth-order valence-electron chi connectivity index (χ4n) is 2.10. The largest absolute Gasteiger partial charge is 0.352 e. The van der Waals surface area contributed by atoms with Crippen LogP contribution in [0.4, 0.5) is 0 Å². The van der Waals surface area contributed by atoms with E-state index in [0.29, 0.717) is 11.9 Å². The van der Waals surface area contributed by atoms with Gasteiger partial charge in [-0.1, -0.05) is 19.1 Å². The highest BCUT2D eigenvalue weighted by atomic mass is 16.2. The highest BCUT2D eigenvalue weighted by Crippen LogP contribution is 2.11. The van der Waals surface area contributed by atoms with Crippen molar-refractivity contribution in [2.75, 3.05) is 6.54 Å². The average Bonchev–Trinajstić information content (AvgIpc) is 2.45. The number of carbonyl (C=O) groups is 1. The van der Waals surface area contributed by atoms with E-state index in [0.717, 1.165) is 18.5 Å². The molecule has 0 radical (unpaired) electrons. The van der Waals surface area contributed by atoms with Crippen LogP contribution in [0.15, 0.2) is 35.3 Å². The van der Waals surface area contributed by atoms with E-state index in [9.17, 15) is 9.59 Å². The summed E-state index contributed by atoms with van der Waals surface area (Å²) in [5.74, 6) is -0.292. The van der Waals surface area contributed by atoms with Crippen LogP contribution in [0.5, 0.6) is 0 Å². The highest BCUT2D eigenvalue weighted by molar-refractivity contribution is 5.97. The number of nitrogens with one attached hydrogen (secondary N) is 1. The molecule has 0 spiro atoms. The lowest BCUT2D eigenvalue weighted by Crippen LogP contribution is -2.30. The molecular formula is C15H18N2O2. The molecule has 0 aliphatic heterocycles. The second-order valence-corrected chi connectivity index (χ2v) is 4.43. The lowest BCUT2D eigenvalue weighted by molar-refractivity contribution is 0.0952. The number of rotatable bonds is 4. The number of carbonyl (C=O) groups excluding carboxylic acids is 1. The Kier molecular flexibility index (Phi) is 4.00. The number of benzene rings is 1. The van der Waals surface area contributed by atoms with Crippen molar-refractivity contribution in [1.82, 2.24) is 9.88 Å². The Morgan fingerprint density at radius 3 is 2.68 bits per heavy atom. The SMILES string of the molecule is CCCNC(=O)c1cn(CC)c2ccccc2c1=O. The summed E-state index contributed by atoms with van der Waals surface area (Å²) in [5, 5.41) is 3.34. The molecule has 0 saturated heterocycles. The first-order chi connectivity index (χ1) is 9.19. The number of amides is 1. The van der Waals surface area contributed by atoms with Gasteiger partial charge in [-0.3, -0.25) is 9.59 Å². The molecule has 1 amide bonds. The maximum Gasteiger partial charge on any atom is 0.256 e. The summed E-state index contributed by atoms with van der Waals surface area (Å²) < 4.78 is 1.93. The van der Waals surface area contributed by atoms with Crippen LogP contribution in [-0.2, 0) is 6.54 Å². The number of aromatic nitrogens is 1. The fourth-order valence-corrected chi connectivity index (χ4v) is 2.10. The summed E-state index contributed by atoms with van der Waals surface area (Å²) >= 11 is 0. The number of pyridine rings is 1. The molecule has 1 N–H and O–H groups in total. The first-order valence-electron chi connectivity index (χ1n) is 6.59. The summed E-state index contributed by atoms with van der Waals surface area (Å²) in [5.41, 5.74) is 0.880. The van der Waals surface area contributed by atoms with E-state index in [4.69, 9.17) is 0 Å². The lowest BCUT2D eigenvalue weighted by Gasteiger charge is -2.11. The molecule has 1 heterocycles. The number of aryl methyl sites for hydroxylation is 1. The van der Waals surface area contributed by atoms with E-state index in [-0.39, 0.29) is 16.9 Å². The van der Waals surface area contributed by atoms with Crippen LogP contribution < -0.4 is 10.7 Å². The third-order valence-electron chi connectivity index (χ3n) is 3.11. The van der Waals surface area contributed by atoms with Crippen molar-refractivity contribution in [3.05, 3.63) is 46.2 Å². The molecule has 100 valence electrons. The molecule has 0 atom stereocenters. The molecular weight excluding hydrogens is 240 g/mol. The van der Waals surface area contributed by atoms with Crippen LogP contribution in [-0.4, -0.2) is 17.0 Å². The van der Waals surface area contributed by atoms with Crippen molar-refractivity contribution < 1.29 is 4.79 Å². The van der Waals surface area contributed by atoms with Crippen LogP contribution in [0.1, 0.15) is 30.6 Å². The van der Waals surface area contributed by atoms with E-state index in [1.165, 1.54) is 0 Å². The van der Waals surface area contributed by atoms with E-state index >= 15 is 0 Å². The van der Waals surface area contributed by atoms with Gasteiger partial charge in [0.1, 0.15) is 5.56 Å². The molecule has 2 rings (SSSR count). The Hall–Kier alpha value is -2.10. The number of para-hydroxylation sites is 1. The Balaban J connectivity index is 2.60. The molecule has 2 aromatic rings. The van der Waals surface area contributed by atoms with Crippen LogP contribution >= 0.6 is 0 Å². The predicted molar refractivity (Wildman–Crippen MR) is 76.5 cm³/mol. The van der Waals surface area contributed by atoms with Gasteiger partial charge in [0.2, 0.25) is 5.43 Å². The van der Waals surface area contributed by atoms with Crippen molar-refractivity contribution >= 4 is 16.8 Å². The molecule has 0 fully saturated rings. The van der Waals surface area contributed by atoms with Crippen molar-refractivity contribution in [1.29, 1.82) is 0 Å². The van der Waals surface area contributed by atoms with Crippen molar-refractivity contribution in [2.24, 2.45) is 0 Å². The standard InChI is InChI=1S/C15H18N2O2/c1-3-9-16-15(19)12-10-17(4-2)13-8-6-5-7-11(13)14(12)18/h5-8,10H,3-4,9H2,1-2H3,(H,16,19). The molecule has 4 nitrogen and oxygen atoms in total. The minimum atomic E-state index is -0.292. The summed E-state index contributed by atoms with van der Waals surface area (Å²) in [6.45, 7) is 5.27. The van der Waals surface area contributed by atoms with Crippen LogP contribution in [0.3, 0.4) is 0 Å². The van der Waals surface area contributed by atoms with Crippen molar-refractivity contribution in [2.45, 2.75) is 26.8 Å². The Morgan fingerprint density at radius 2 is 2.00 bits per heavy atom. The van der Waals surface area contributed by atoms with Crippen LogP contribution in [0.2, 0.25) is 0 Å². The van der Waals surface area contributed by atoms with Gasteiger partial charge in [0.15, 0.2) is 0 Å². The molecule has 1 aromatic heterocycles. The zero-order valence-electron chi connectivity index (χ0n) is 11.3. The second-order valence-electron chi connectivity index (χ2n) is 4.43. The normalized spacial score (nSPS) is 10.6. The van der Waals surface area contributed by atoms with Crippen LogP contribution in [0.25, 0.3) is 10.9 Å². The molecule has 0 aliphatic carbocycles. The number of hydrogen-bond acceptors (Lipinski definition) is 2. The molecule has 0 bridgehead atoms. The van der Waals surface area contributed by atoms with Gasteiger partial charge >= 0.3 is 0 Å². The quantitative estimate of drug-likeness (QED) is 0.913. The van der Waals surface area contributed by atoms with Gasteiger partial charge in [-0.15, -0.1) is 0 Å². The van der Waals surface area contributed by atoms with E-state index in [2.05, 4.69) is 5.32 Å². The Bertz CT molecular complexity index is 659. The zero-order chi connectivity index (χ0) is 13.8. The zero-order valence-corrected chi connectivity index (χ0v) is 11.3. The van der Waals surface area contributed by atoms with Gasteiger partial charge in [0.05, 0.1) is 5.52 Å². The maximum absolute atomic E-state index is 12.3. The second kappa shape index (κ2) is 5.69. The van der Waals surface area contributed by atoms with Gasteiger partial charge in [-0.05, 0) is 25.5 Å². The van der Waals surface area contributed by atoms with Gasteiger partial charge in [-0.2, -0.15) is 0 Å². The monoisotopic (exact) mass is 258 g/mol. The minimum absolute atomic E-state index is 0.200. The van der Waals surface area contributed by atoms with Gasteiger partial charge in [0, 0.05) is 24.7 Å². The van der Waals surface area contributed by atoms with E-state index in [1.807, 2.05) is 36.6 Å². The molecule has 4 heteroatoms. The van der Waals surface area contributed by atoms with Crippen molar-refractivity contribution in [3.8, 4) is 0 Å². The predicted octanol–water partition coefficient (Wildman–Crippen LogP) is 2.16. The Labute approximate surface area is 112 Å². The summed E-state index contributed by atoms with van der Waals surface area (Å²) in [6.07, 6.45) is 2.50. The molecule has 1 aromatic carbocycles. The first kappa shape index (κ1) is 13.3. The third-order valence-corrected chi connectivity index (χ3v) is 3.11. The maximum atomic E-state index is 12.3. The number of hydrogen-bond donors (Lipinski definition) is 1. The fraction of sp³-hybridized carbons (Fsp3) is 0.333. The highest BCUT2D eigenvalue weighted by Gasteiger charge is 2.14. The summed E-state index contributed by atoms with van der Waals surface area (Å²) in [4.78, 5) is 24.3. The third kappa shape index (κ3) is 2.52. The Morgan fingerprint density at radius 1 is 1.26 bits per heavy atom. The number of nitrogens with zero attached hydrogens (tertiary/aromatic N) is 1. The molecule has 0 saturated carbocycles. The van der Waals surface area contributed by atoms with E-state index < -0.39 is 0 Å². The molecule has 0 unspecified atom stereocenters. The van der Waals surface area contributed by atoms with E-state index in [1.54, 1.807) is 12.3 Å². The minimum Gasteiger partial charge on any atom is -0.352 e. The van der Waals surface area contributed by atoms with Crippen LogP contribution in [0, 0.1) is 0 Å². The van der Waals surface area contributed by atoms with Crippen molar-refractivity contribution in [3.63, 3.8) is 0 Å².